The van der Waals surface area contributed by atoms with E-state index in [0.717, 1.165) is 29.2 Å². The van der Waals surface area contributed by atoms with Gasteiger partial charge in [-0.25, -0.2) is 0 Å². The third-order valence-corrected chi connectivity index (χ3v) is 4.17. The van der Waals surface area contributed by atoms with Crippen molar-refractivity contribution in [2.24, 2.45) is 5.92 Å². The molecule has 0 bridgehead atoms. The zero-order valence-corrected chi connectivity index (χ0v) is 13.8. The summed E-state index contributed by atoms with van der Waals surface area (Å²) in [5.74, 6) is 1.93. The van der Waals surface area contributed by atoms with Crippen LogP contribution >= 0.6 is 0 Å². The zero-order valence-electron chi connectivity index (χ0n) is 13.8. The molecule has 24 heavy (non-hydrogen) atoms. The number of ether oxygens (including phenoxy) is 2. The van der Waals surface area contributed by atoms with Crippen molar-refractivity contribution in [2.45, 2.75) is 19.3 Å². The van der Waals surface area contributed by atoms with Gasteiger partial charge in [0.25, 0.3) is 0 Å². The van der Waals surface area contributed by atoms with Gasteiger partial charge in [0.05, 0.1) is 13.7 Å². The monoisotopic (exact) mass is 326 g/mol. The minimum atomic E-state index is 0.0529. The molecule has 1 amide bonds. The van der Waals surface area contributed by atoms with Crippen molar-refractivity contribution >= 4 is 5.91 Å². The number of pyridine rings is 1. The molecule has 2 heterocycles. The van der Waals surface area contributed by atoms with Crippen molar-refractivity contribution in [3.8, 4) is 11.5 Å². The maximum atomic E-state index is 12.0. The molecule has 0 aliphatic carbocycles. The highest BCUT2D eigenvalue weighted by Crippen LogP contribution is 2.35. The maximum absolute atomic E-state index is 12.0. The summed E-state index contributed by atoms with van der Waals surface area (Å²) >= 11 is 0. The smallest absolute Gasteiger partial charge is 0.220 e. The number of para-hydroxylation sites is 1. The molecule has 0 unspecified atom stereocenters. The van der Waals surface area contributed by atoms with Crippen molar-refractivity contribution in [3.05, 3.63) is 53.9 Å². The Morgan fingerprint density at radius 1 is 1.33 bits per heavy atom. The SMILES string of the molecule is COc1cccc2c1OC[C@H](CNC(=O)CCc1ccccn1)C2. The first kappa shape index (κ1) is 16.3. The number of rotatable bonds is 6. The van der Waals surface area contributed by atoms with Gasteiger partial charge in [-0.2, -0.15) is 0 Å². The van der Waals surface area contributed by atoms with Gasteiger partial charge in [0.15, 0.2) is 11.5 Å². The average molecular weight is 326 g/mol. The van der Waals surface area contributed by atoms with E-state index in [0.29, 0.717) is 26.0 Å². The number of aromatic nitrogens is 1. The summed E-state index contributed by atoms with van der Waals surface area (Å²) in [7, 11) is 1.65. The predicted octanol–water partition coefficient (Wildman–Crippen LogP) is 2.39. The van der Waals surface area contributed by atoms with Crippen LogP contribution in [0.4, 0.5) is 0 Å². The van der Waals surface area contributed by atoms with Gasteiger partial charge in [0.1, 0.15) is 0 Å². The molecular weight excluding hydrogens is 304 g/mol. The highest BCUT2D eigenvalue weighted by Gasteiger charge is 2.22. The summed E-state index contributed by atoms with van der Waals surface area (Å²) < 4.78 is 11.2. The van der Waals surface area contributed by atoms with Crippen molar-refractivity contribution in [1.82, 2.24) is 10.3 Å². The second-order valence-corrected chi connectivity index (χ2v) is 5.95. The van der Waals surface area contributed by atoms with Crippen LogP contribution in [-0.2, 0) is 17.6 Å². The number of benzene rings is 1. The topological polar surface area (TPSA) is 60.5 Å². The first-order valence-corrected chi connectivity index (χ1v) is 8.21. The Labute approximate surface area is 142 Å². The van der Waals surface area contributed by atoms with Crippen LogP contribution in [0.2, 0.25) is 0 Å². The molecule has 2 aromatic rings. The van der Waals surface area contributed by atoms with Crippen LogP contribution in [0.15, 0.2) is 42.6 Å². The van der Waals surface area contributed by atoms with Gasteiger partial charge >= 0.3 is 0 Å². The average Bonchev–Trinajstić information content (AvgIpc) is 2.64. The summed E-state index contributed by atoms with van der Waals surface area (Å²) in [5.41, 5.74) is 2.07. The lowest BCUT2D eigenvalue weighted by Gasteiger charge is -2.26. The van der Waals surface area contributed by atoms with Crippen LogP contribution in [0.5, 0.6) is 11.5 Å². The van der Waals surface area contributed by atoms with E-state index in [1.807, 2.05) is 36.4 Å². The summed E-state index contributed by atoms with van der Waals surface area (Å²) in [4.78, 5) is 16.2. The van der Waals surface area contributed by atoms with E-state index in [-0.39, 0.29) is 11.8 Å². The normalized spacial score (nSPS) is 16.0. The third kappa shape index (κ3) is 4.04. The molecule has 0 saturated carbocycles. The Hall–Kier alpha value is -2.56. The van der Waals surface area contributed by atoms with E-state index in [9.17, 15) is 4.79 Å². The number of hydrogen-bond acceptors (Lipinski definition) is 4. The molecule has 5 heteroatoms. The van der Waals surface area contributed by atoms with Gasteiger partial charge in [-0.3, -0.25) is 9.78 Å². The Bertz CT molecular complexity index is 688. The van der Waals surface area contributed by atoms with Gasteiger partial charge in [-0.1, -0.05) is 18.2 Å². The third-order valence-electron chi connectivity index (χ3n) is 4.17. The molecule has 3 rings (SSSR count). The molecule has 1 aromatic heterocycles. The van der Waals surface area contributed by atoms with Crippen LogP contribution in [0.1, 0.15) is 17.7 Å². The largest absolute Gasteiger partial charge is 0.493 e. The molecular formula is C19H22N2O3. The first-order valence-electron chi connectivity index (χ1n) is 8.21. The van der Waals surface area contributed by atoms with E-state index < -0.39 is 0 Å². The minimum Gasteiger partial charge on any atom is -0.493 e. The van der Waals surface area contributed by atoms with Crippen molar-refractivity contribution in [1.29, 1.82) is 0 Å². The molecule has 0 saturated heterocycles. The van der Waals surface area contributed by atoms with E-state index in [1.165, 1.54) is 0 Å². The highest BCUT2D eigenvalue weighted by molar-refractivity contribution is 5.76. The van der Waals surface area contributed by atoms with Crippen molar-refractivity contribution in [2.75, 3.05) is 20.3 Å². The van der Waals surface area contributed by atoms with Gasteiger partial charge in [-0.15, -0.1) is 0 Å². The standard InChI is InChI=1S/C19H22N2O3/c1-23-17-7-4-5-15-11-14(13-24-19(15)17)12-21-18(22)9-8-16-6-2-3-10-20-16/h2-7,10,14H,8-9,11-13H2,1H3,(H,21,22)/t14-/m0/s1. The highest BCUT2D eigenvalue weighted by atomic mass is 16.5. The molecule has 1 aromatic carbocycles. The molecule has 1 aliphatic rings. The second kappa shape index (κ2) is 7.81. The molecule has 0 fully saturated rings. The maximum Gasteiger partial charge on any atom is 0.220 e. The van der Waals surface area contributed by atoms with Crippen LogP contribution in [0.3, 0.4) is 0 Å². The number of carbonyl (C=O) groups excluding carboxylic acids is 1. The van der Waals surface area contributed by atoms with Crippen LogP contribution < -0.4 is 14.8 Å². The van der Waals surface area contributed by atoms with Gasteiger partial charge in [0, 0.05) is 30.8 Å². The van der Waals surface area contributed by atoms with E-state index in [1.54, 1.807) is 13.3 Å². The number of nitrogens with one attached hydrogen (secondary N) is 1. The van der Waals surface area contributed by atoms with Crippen molar-refractivity contribution in [3.63, 3.8) is 0 Å². The number of hydrogen-bond donors (Lipinski definition) is 1. The fourth-order valence-electron chi connectivity index (χ4n) is 2.88. The Morgan fingerprint density at radius 3 is 3.04 bits per heavy atom. The number of aryl methyl sites for hydroxylation is 1. The number of fused-ring (bicyclic) bond motifs is 1. The Morgan fingerprint density at radius 2 is 2.25 bits per heavy atom. The van der Waals surface area contributed by atoms with E-state index in [2.05, 4.69) is 10.3 Å². The lowest BCUT2D eigenvalue weighted by atomic mass is 9.96. The van der Waals surface area contributed by atoms with Crippen LogP contribution in [0.25, 0.3) is 0 Å². The van der Waals surface area contributed by atoms with E-state index in [4.69, 9.17) is 9.47 Å². The summed E-state index contributed by atoms with van der Waals surface area (Å²) in [6.07, 6.45) is 3.74. The number of carbonyl (C=O) groups is 1. The van der Waals surface area contributed by atoms with Gasteiger partial charge < -0.3 is 14.8 Å². The minimum absolute atomic E-state index is 0.0529. The number of methoxy groups -OCH3 is 1. The van der Waals surface area contributed by atoms with Gasteiger partial charge in [-0.05, 0) is 36.6 Å². The van der Waals surface area contributed by atoms with E-state index >= 15 is 0 Å². The predicted molar refractivity (Wildman–Crippen MR) is 91.3 cm³/mol. The molecule has 126 valence electrons. The quantitative estimate of drug-likeness (QED) is 0.885. The van der Waals surface area contributed by atoms with Crippen molar-refractivity contribution < 1.29 is 14.3 Å². The van der Waals surface area contributed by atoms with Crippen LogP contribution in [0, 0.1) is 5.92 Å². The summed E-state index contributed by atoms with van der Waals surface area (Å²) in [6.45, 7) is 1.21. The molecule has 5 nitrogen and oxygen atoms in total. The van der Waals surface area contributed by atoms with Gasteiger partial charge in [0.2, 0.25) is 5.91 Å². The Kier molecular flexibility index (Phi) is 5.31. The Balaban J connectivity index is 1.46. The molecule has 1 aliphatic heterocycles. The fraction of sp³-hybridized carbons (Fsp3) is 0.368. The molecule has 1 N–H and O–H groups in total. The lowest BCUT2D eigenvalue weighted by Crippen LogP contribution is -2.35. The second-order valence-electron chi connectivity index (χ2n) is 5.95. The molecule has 0 spiro atoms. The summed E-state index contributed by atoms with van der Waals surface area (Å²) in [5, 5.41) is 3.00. The first-order chi connectivity index (χ1) is 11.8. The van der Waals surface area contributed by atoms with Crippen LogP contribution in [-0.4, -0.2) is 31.2 Å². The number of amides is 1. The number of nitrogens with zero attached hydrogens (tertiary/aromatic N) is 1. The zero-order chi connectivity index (χ0) is 16.8. The summed E-state index contributed by atoms with van der Waals surface area (Å²) in [6, 6.07) is 11.7. The fourth-order valence-corrected chi connectivity index (χ4v) is 2.88. The molecule has 1 atom stereocenters. The molecule has 0 radical (unpaired) electrons. The lowest BCUT2D eigenvalue weighted by molar-refractivity contribution is -0.121.